The maximum Gasteiger partial charge on any atom is 0.261 e. The van der Waals surface area contributed by atoms with Gasteiger partial charge < -0.3 is 14.5 Å². The molecule has 2 aromatic rings. The van der Waals surface area contributed by atoms with Crippen LogP contribution in [0.2, 0.25) is 0 Å². The number of thioether (sulfide) groups is 1. The van der Waals surface area contributed by atoms with Crippen molar-refractivity contribution >= 4 is 45.6 Å². The summed E-state index contributed by atoms with van der Waals surface area (Å²) in [5.41, 5.74) is 2.24. The van der Waals surface area contributed by atoms with Gasteiger partial charge in [-0.25, -0.2) is 0 Å². The molecule has 3 fully saturated rings. The first-order valence-corrected chi connectivity index (χ1v) is 14.8. The molecule has 37 heavy (non-hydrogen) atoms. The van der Waals surface area contributed by atoms with Gasteiger partial charge in [0.15, 0.2) is 0 Å². The molecule has 0 spiro atoms. The van der Waals surface area contributed by atoms with Crippen LogP contribution < -0.4 is 4.74 Å². The molecule has 2 aliphatic heterocycles. The van der Waals surface area contributed by atoms with Gasteiger partial charge in [-0.2, -0.15) is 0 Å². The summed E-state index contributed by atoms with van der Waals surface area (Å²) in [5, 5.41) is 0.343. The average Bonchev–Trinajstić information content (AvgIpc) is 2.92. The largest absolute Gasteiger partial charge is 0.496 e. The first kappa shape index (κ1) is 26.3. The van der Waals surface area contributed by atoms with E-state index in [0.29, 0.717) is 18.3 Å². The first-order valence-electron chi connectivity index (χ1n) is 13.1. The summed E-state index contributed by atoms with van der Waals surface area (Å²) in [5.74, 6) is 0.805. The number of nitrogens with zero attached hydrogens (tertiary/aromatic N) is 3. The Kier molecular flexibility index (Phi) is 8.57. The van der Waals surface area contributed by atoms with Gasteiger partial charge in [0.2, 0.25) is 5.91 Å². The minimum absolute atomic E-state index is 0.0174. The van der Waals surface area contributed by atoms with Crippen LogP contribution in [-0.2, 0) is 16.1 Å². The van der Waals surface area contributed by atoms with Crippen molar-refractivity contribution < 1.29 is 14.3 Å². The smallest absolute Gasteiger partial charge is 0.261 e. The Hall–Kier alpha value is -2.29. The Morgan fingerprint density at radius 3 is 2.57 bits per heavy atom. The maximum atomic E-state index is 13.7. The fraction of sp³-hybridized carbons (Fsp3) is 0.448. The van der Waals surface area contributed by atoms with Crippen molar-refractivity contribution in [2.24, 2.45) is 0 Å². The molecule has 0 radical (unpaired) electrons. The van der Waals surface area contributed by atoms with Crippen LogP contribution in [0.15, 0.2) is 57.9 Å². The number of ether oxygens (including phenoxy) is 1. The normalized spacial score (nSPS) is 23.7. The van der Waals surface area contributed by atoms with Crippen LogP contribution in [-0.4, -0.2) is 77.6 Å². The van der Waals surface area contributed by atoms with Crippen molar-refractivity contribution in [2.45, 2.75) is 43.5 Å². The van der Waals surface area contributed by atoms with Crippen molar-refractivity contribution in [1.29, 1.82) is 0 Å². The number of methoxy groups -OCH3 is 1. The molecule has 2 atom stereocenters. The van der Waals surface area contributed by atoms with E-state index < -0.39 is 0 Å². The molecule has 0 N–H and O–H groups in total. The molecule has 8 heteroatoms. The summed E-state index contributed by atoms with van der Waals surface area (Å²) in [6.45, 7) is 4.20. The Morgan fingerprint density at radius 1 is 1.08 bits per heavy atom. The van der Waals surface area contributed by atoms with Gasteiger partial charge >= 0.3 is 0 Å². The Balaban J connectivity index is 1.26. The van der Waals surface area contributed by atoms with Crippen molar-refractivity contribution in [3.8, 4) is 5.75 Å². The number of piperazine rings is 1. The quantitative estimate of drug-likeness (QED) is 0.446. The van der Waals surface area contributed by atoms with Gasteiger partial charge in [0.05, 0.1) is 16.5 Å². The SMILES string of the molecule is COc1ccc(/C=C2/SC3CCCCC3N(CC(=O)N3CCN(Cc4ccccc4)CC3)C2=O)cc1Br. The number of hydrogen-bond donors (Lipinski definition) is 0. The molecule has 5 rings (SSSR count). The summed E-state index contributed by atoms with van der Waals surface area (Å²) < 4.78 is 6.20. The van der Waals surface area contributed by atoms with Crippen LogP contribution in [0.1, 0.15) is 36.8 Å². The van der Waals surface area contributed by atoms with Gasteiger partial charge in [0, 0.05) is 44.0 Å². The third-order valence-electron chi connectivity index (χ3n) is 7.57. The van der Waals surface area contributed by atoms with E-state index in [4.69, 9.17) is 4.74 Å². The highest BCUT2D eigenvalue weighted by atomic mass is 79.9. The molecule has 3 aliphatic rings. The predicted octanol–water partition coefficient (Wildman–Crippen LogP) is 5.03. The van der Waals surface area contributed by atoms with E-state index in [2.05, 4.69) is 45.1 Å². The Morgan fingerprint density at radius 2 is 1.84 bits per heavy atom. The van der Waals surface area contributed by atoms with Crippen LogP contribution in [0.4, 0.5) is 0 Å². The molecule has 0 aromatic heterocycles. The zero-order valence-electron chi connectivity index (χ0n) is 21.3. The summed E-state index contributed by atoms with van der Waals surface area (Å²) >= 11 is 5.24. The second-order valence-electron chi connectivity index (χ2n) is 9.99. The molecule has 0 bridgehead atoms. The maximum absolute atomic E-state index is 13.7. The average molecular weight is 585 g/mol. The van der Waals surface area contributed by atoms with Crippen molar-refractivity contribution in [1.82, 2.24) is 14.7 Å². The number of halogens is 1. The van der Waals surface area contributed by atoms with Crippen molar-refractivity contribution in [2.75, 3.05) is 39.8 Å². The molecule has 1 saturated carbocycles. The molecule has 2 aromatic carbocycles. The van der Waals surface area contributed by atoms with Crippen LogP contribution >= 0.6 is 27.7 Å². The lowest BCUT2D eigenvalue weighted by atomic mass is 9.93. The van der Waals surface area contributed by atoms with Gasteiger partial charge in [-0.15, -0.1) is 11.8 Å². The molecule has 6 nitrogen and oxygen atoms in total. The number of rotatable bonds is 6. The second-order valence-corrected chi connectivity index (χ2v) is 12.1. The Labute approximate surface area is 232 Å². The lowest BCUT2D eigenvalue weighted by Gasteiger charge is -2.44. The van der Waals surface area contributed by atoms with Crippen molar-refractivity contribution in [3.63, 3.8) is 0 Å². The van der Waals surface area contributed by atoms with Gasteiger partial charge in [0.25, 0.3) is 5.91 Å². The second kappa shape index (κ2) is 12.0. The topological polar surface area (TPSA) is 53.1 Å². The third-order valence-corrected chi connectivity index (χ3v) is 9.59. The van der Waals surface area contributed by atoms with E-state index in [1.165, 1.54) is 12.0 Å². The highest BCUT2D eigenvalue weighted by molar-refractivity contribution is 9.10. The Bertz CT molecular complexity index is 1150. The summed E-state index contributed by atoms with van der Waals surface area (Å²) in [6.07, 6.45) is 6.30. The minimum Gasteiger partial charge on any atom is -0.496 e. The predicted molar refractivity (Wildman–Crippen MR) is 152 cm³/mol. The van der Waals surface area contributed by atoms with Crippen LogP contribution in [0.3, 0.4) is 0 Å². The number of benzene rings is 2. The molecule has 2 unspecified atom stereocenters. The zero-order chi connectivity index (χ0) is 25.8. The molecule has 2 saturated heterocycles. The monoisotopic (exact) mass is 583 g/mol. The molecule has 2 heterocycles. The third kappa shape index (κ3) is 6.24. The lowest BCUT2D eigenvalue weighted by molar-refractivity contribution is -0.141. The van der Waals surface area contributed by atoms with E-state index >= 15 is 0 Å². The lowest BCUT2D eigenvalue weighted by Crippen LogP contribution is -2.56. The van der Waals surface area contributed by atoms with Gasteiger partial charge in [-0.1, -0.05) is 49.2 Å². The van der Waals surface area contributed by atoms with Crippen molar-refractivity contribution in [3.05, 3.63) is 69.0 Å². The number of amides is 2. The summed E-state index contributed by atoms with van der Waals surface area (Å²) in [7, 11) is 1.64. The number of fused-ring (bicyclic) bond motifs is 1. The van der Waals surface area contributed by atoms with Gasteiger partial charge in [-0.3, -0.25) is 14.5 Å². The molecule has 2 amide bonds. The van der Waals surface area contributed by atoms with Crippen LogP contribution in [0.25, 0.3) is 6.08 Å². The molecule has 1 aliphatic carbocycles. The fourth-order valence-corrected chi connectivity index (χ4v) is 7.56. The van der Waals surface area contributed by atoms with Gasteiger partial charge in [-0.05, 0) is 58.1 Å². The number of carbonyl (C=O) groups excluding carboxylic acids is 2. The standard InChI is InChI=1S/C29H34BrN3O3S/c1-36-25-12-11-22(17-23(25)30)18-27-29(35)33(24-9-5-6-10-26(24)37-27)20-28(34)32-15-13-31(14-16-32)19-21-7-3-2-4-8-21/h2-4,7-8,11-12,17-18,24,26H,5-6,9-10,13-16,19-20H2,1H3/b27-18+. The van der Waals surface area contributed by atoms with E-state index in [1.54, 1.807) is 18.9 Å². The van der Waals surface area contributed by atoms with E-state index in [0.717, 1.165) is 59.6 Å². The minimum atomic E-state index is -0.0174. The highest BCUT2D eigenvalue weighted by Crippen LogP contribution is 2.42. The first-order chi connectivity index (χ1) is 18.0. The highest BCUT2D eigenvalue weighted by Gasteiger charge is 2.41. The van der Waals surface area contributed by atoms with E-state index in [9.17, 15) is 9.59 Å². The molecular formula is C29H34BrN3O3S. The zero-order valence-corrected chi connectivity index (χ0v) is 23.7. The van der Waals surface area contributed by atoms with Crippen LogP contribution in [0.5, 0.6) is 5.75 Å². The number of hydrogen-bond acceptors (Lipinski definition) is 5. The number of carbonyl (C=O) groups is 2. The molecule has 196 valence electrons. The van der Waals surface area contributed by atoms with E-state index in [1.807, 2.05) is 40.1 Å². The van der Waals surface area contributed by atoms with E-state index in [-0.39, 0.29) is 24.4 Å². The van der Waals surface area contributed by atoms with Crippen LogP contribution in [0, 0.1) is 0 Å². The molecular weight excluding hydrogens is 550 g/mol. The fourth-order valence-electron chi connectivity index (χ4n) is 5.53. The summed E-state index contributed by atoms with van der Waals surface area (Å²) in [4.78, 5) is 34.0. The van der Waals surface area contributed by atoms with Gasteiger partial charge in [0.1, 0.15) is 12.3 Å². The summed E-state index contributed by atoms with van der Waals surface area (Å²) in [6, 6.07) is 16.4.